The van der Waals surface area contributed by atoms with Crippen molar-refractivity contribution in [2.75, 3.05) is 13.1 Å². The summed E-state index contributed by atoms with van der Waals surface area (Å²) in [6.45, 7) is 0.850. The monoisotopic (exact) mass is 266 g/mol. The summed E-state index contributed by atoms with van der Waals surface area (Å²) in [6, 6.07) is 0.770. The van der Waals surface area contributed by atoms with E-state index in [4.69, 9.17) is 17.3 Å². The Morgan fingerprint density at radius 2 is 2.12 bits per heavy atom. The SMILES string of the molecule is NCCCN=Nc1ncc(C(F)(F)F)cc1Cl. The van der Waals surface area contributed by atoms with E-state index in [1.807, 2.05) is 0 Å². The van der Waals surface area contributed by atoms with E-state index in [0.29, 0.717) is 25.7 Å². The third-order valence-corrected chi connectivity index (χ3v) is 2.05. The van der Waals surface area contributed by atoms with Gasteiger partial charge in [-0.1, -0.05) is 11.6 Å². The molecule has 0 radical (unpaired) electrons. The van der Waals surface area contributed by atoms with Gasteiger partial charge in [-0.2, -0.15) is 18.3 Å². The zero-order valence-corrected chi connectivity index (χ0v) is 9.46. The fraction of sp³-hybridized carbons (Fsp3) is 0.444. The minimum atomic E-state index is -4.47. The molecule has 1 aromatic rings. The number of alkyl halides is 3. The third-order valence-electron chi connectivity index (χ3n) is 1.78. The van der Waals surface area contributed by atoms with Crippen molar-refractivity contribution in [3.8, 4) is 0 Å². The lowest BCUT2D eigenvalue weighted by Gasteiger charge is -2.06. The zero-order chi connectivity index (χ0) is 12.9. The molecule has 17 heavy (non-hydrogen) atoms. The Balaban J connectivity index is 2.80. The molecule has 94 valence electrons. The van der Waals surface area contributed by atoms with Gasteiger partial charge < -0.3 is 5.73 Å². The van der Waals surface area contributed by atoms with Gasteiger partial charge in [0.1, 0.15) is 0 Å². The molecular weight excluding hydrogens is 257 g/mol. The van der Waals surface area contributed by atoms with E-state index in [0.717, 1.165) is 6.07 Å². The maximum Gasteiger partial charge on any atom is 0.417 e. The van der Waals surface area contributed by atoms with E-state index in [2.05, 4.69) is 15.2 Å². The van der Waals surface area contributed by atoms with E-state index >= 15 is 0 Å². The summed E-state index contributed by atoms with van der Waals surface area (Å²) < 4.78 is 36.9. The Kier molecular flexibility index (Phi) is 4.83. The average molecular weight is 267 g/mol. The van der Waals surface area contributed by atoms with Crippen LogP contribution in [0.2, 0.25) is 5.02 Å². The Labute approximate surface area is 101 Å². The van der Waals surface area contributed by atoms with Gasteiger partial charge in [0, 0.05) is 6.20 Å². The molecule has 0 aliphatic heterocycles. The molecule has 4 nitrogen and oxygen atoms in total. The molecule has 1 heterocycles. The Morgan fingerprint density at radius 3 is 2.65 bits per heavy atom. The van der Waals surface area contributed by atoms with Crippen molar-refractivity contribution in [3.63, 3.8) is 0 Å². The summed E-state index contributed by atoms with van der Waals surface area (Å²) in [5, 5.41) is 7.14. The van der Waals surface area contributed by atoms with Gasteiger partial charge in [-0.25, -0.2) is 4.98 Å². The normalized spacial score (nSPS) is 12.3. The van der Waals surface area contributed by atoms with Gasteiger partial charge in [-0.3, -0.25) is 0 Å². The minimum Gasteiger partial charge on any atom is -0.330 e. The summed E-state index contributed by atoms with van der Waals surface area (Å²) in [7, 11) is 0. The van der Waals surface area contributed by atoms with Crippen molar-refractivity contribution < 1.29 is 13.2 Å². The lowest BCUT2D eigenvalue weighted by molar-refractivity contribution is -0.137. The maximum absolute atomic E-state index is 12.3. The number of hydrogen-bond acceptors (Lipinski definition) is 4. The van der Waals surface area contributed by atoms with E-state index in [-0.39, 0.29) is 10.8 Å². The number of halogens is 4. The summed E-state index contributed by atoms with van der Waals surface area (Å²) in [4.78, 5) is 3.50. The fourth-order valence-corrected chi connectivity index (χ4v) is 1.14. The standard InChI is InChI=1S/C9H10ClF3N4/c10-7-4-6(9(11,12)13)5-15-8(7)17-16-3-1-2-14/h4-5H,1-3,14H2. The number of hydrogen-bond donors (Lipinski definition) is 1. The van der Waals surface area contributed by atoms with Crippen molar-refractivity contribution in [2.45, 2.75) is 12.6 Å². The molecule has 2 N–H and O–H groups in total. The highest BCUT2D eigenvalue weighted by molar-refractivity contribution is 6.32. The molecule has 0 saturated carbocycles. The molecule has 8 heteroatoms. The third kappa shape index (κ3) is 4.27. The molecule has 0 aromatic carbocycles. The Bertz CT molecular complexity index is 406. The molecule has 1 rings (SSSR count). The molecule has 1 aromatic heterocycles. The van der Waals surface area contributed by atoms with Crippen LogP contribution in [0.3, 0.4) is 0 Å². The van der Waals surface area contributed by atoms with E-state index in [9.17, 15) is 13.2 Å². The Hall–Kier alpha value is -1.21. The lowest BCUT2D eigenvalue weighted by Crippen LogP contribution is -2.05. The van der Waals surface area contributed by atoms with Gasteiger partial charge >= 0.3 is 6.18 Å². The molecule has 0 aliphatic rings. The zero-order valence-electron chi connectivity index (χ0n) is 8.71. The number of nitrogens with zero attached hydrogens (tertiary/aromatic N) is 3. The van der Waals surface area contributed by atoms with Gasteiger partial charge in [0.05, 0.1) is 17.1 Å². The highest BCUT2D eigenvalue weighted by atomic mass is 35.5. The molecular formula is C9H10ClF3N4. The van der Waals surface area contributed by atoms with Gasteiger partial charge in [0.15, 0.2) is 5.82 Å². The van der Waals surface area contributed by atoms with Crippen LogP contribution in [-0.4, -0.2) is 18.1 Å². The number of aromatic nitrogens is 1. The van der Waals surface area contributed by atoms with Crippen molar-refractivity contribution in [3.05, 3.63) is 22.8 Å². The highest BCUT2D eigenvalue weighted by Gasteiger charge is 2.31. The molecule has 0 spiro atoms. The number of nitrogens with two attached hydrogens (primary N) is 1. The minimum absolute atomic E-state index is 0.0308. The fourth-order valence-electron chi connectivity index (χ4n) is 0.938. The summed E-state index contributed by atoms with van der Waals surface area (Å²) in [5.41, 5.74) is 4.32. The highest BCUT2D eigenvalue weighted by Crippen LogP contribution is 2.33. The predicted octanol–water partition coefficient (Wildman–Crippen LogP) is 3.19. The molecule has 0 atom stereocenters. The van der Waals surface area contributed by atoms with E-state index in [1.165, 1.54) is 0 Å². The van der Waals surface area contributed by atoms with Crippen LogP contribution in [0.5, 0.6) is 0 Å². The second kappa shape index (κ2) is 5.92. The van der Waals surface area contributed by atoms with Gasteiger partial charge in [-0.05, 0) is 19.0 Å². The van der Waals surface area contributed by atoms with Crippen LogP contribution < -0.4 is 5.73 Å². The largest absolute Gasteiger partial charge is 0.417 e. The topological polar surface area (TPSA) is 63.6 Å². The second-order valence-electron chi connectivity index (χ2n) is 3.13. The van der Waals surface area contributed by atoms with Crippen LogP contribution in [0.15, 0.2) is 22.5 Å². The molecule has 0 bridgehead atoms. The van der Waals surface area contributed by atoms with Crippen LogP contribution in [0.25, 0.3) is 0 Å². The second-order valence-corrected chi connectivity index (χ2v) is 3.54. The maximum atomic E-state index is 12.3. The molecule has 0 amide bonds. The van der Waals surface area contributed by atoms with Crippen molar-refractivity contribution in [1.82, 2.24) is 4.98 Å². The molecule has 0 saturated heterocycles. The Morgan fingerprint density at radius 1 is 1.41 bits per heavy atom. The molecule has 0 unspecified atom stereocenters. The van der Waals surface area contributed by atoms with Crippen molar-refractivity contribution >= 4 is 17.4 Å². The molecule has 0 fully saturated rings. The average Bonchev–Trinajstić information content (AvgIpc) is 2.24. The quantitative estimate of drug-likeness (QED) is 0.672. The van der Waals surface area contributed by atoms with Crippen LogP contribution in [0, 0.1) is 0 Å². The van der Waals surface area contributed by atoms with Crippen molar-refractivity contribution in [2.24, 2.45) is 16.0 Å². The molecule has 0 aliphatic carbocycles. The first kappa shape index (κ1) is 13.9. The number of azo groups is 1. The lowest BCUT2D eigenvalue weighted by atomic mass is 10.3. The van der Waals surface area contributed by atoms with Crippen molar-refractivity contribution in [1.29, 1.82) is 0 Å². The van der Waals surface area contributed by atoms with E-state index in [1.54, 1.807) is 0 Å². The van der Waals surface area contributed by atoms with Gasteiger partial charge in [0.2, 0.25) is 0 Å². The van der Waals surface area contributed by atoms with E-state index < -0.39 is 11.7 Å². The smallest absolute Gasteiger partial charge is 0.330 e. The first-order valence-corrected chi connectivity index (χ1v) is 5.13. The first-order valence-electron chi connectivity index (χ1n) is 4.75. The van der Waals surface area contributed by atoms with Crippen LogP contribution in [0.4, 0.5) is 19.0 Å². The van der Waals surface area contributed by atoms with Crippen LogP contribution >= 0.6 is 11.6 Å². The summed E-state index contributed by atoms with van der Waals surface area (Å²) in [5.74, 6) is -0.0308. The summed E-state index contributed by atoms with van der Waals surface area (Å²) >= 11 is 5.61. The summed E-state index contributed by atoms with van der Waals surface area (Å²) in [6.07, 6.45) is -3.16. The van der Waals surface area contributed by atoms with Crippen LogP contribution in [-0.2, 0) is 6.18 Å². The van der Waals surface area contributed by atoms with Gasteiger partial charge in [0.25, 0.3) is 0 Å². The number of pyridine rings is 1. The number of rotatable bonds is 4. The predicted molar refractivity (Wildman–Crippen MR) is 57.3 cm³/mol. The van der Waals surface area contributed by atoms with Gasteiger partial charge in [-0.15, -0.1) is 5.11 Å². The first-order chi connectivity index (χ1) is 7.95. The van der Waals surface area contributed by atoms with Crippen LogP contribution in [0.1, 0.15) is 12.0 Å².